The van der Waals surface area contributed by atoms with Crippen LogP contribution >= 0.6 is 11.8 Å². The first-order chi connectivity index (χ1) is 16.8. The number of allylic oxidation sites excluding steroid dienone is 1. The highest BCUT2D eigenvalue weighted by atomic mass is 32.2. The van der Waals surface area contributed by atoms with Gasteiger partial charge in [0.1, 0.15) is 5.75 Å². The average Bonchev–Trinajstić information content (AvgIpc) is 3.48. The molecule has 4 rings (SSSR count). The standard InChI is InChI=1S/C25H25F3N4O2S/c1-2-14-32-23(17-10-12-21(13-11-17)34-20-8-3-4-9-20)30-31-24(32)35-16-22(33)29-19-7-5-6-18(15-19)25(26,27)28/h2,5-7,10-13,15,20H,1,3-4,8-9,14,16H2,(H,29,33). The molecule has 0 atom stereocenters. The van der Waals surface area contributed by atoms with Crippen LogP contribution in [0.5, 0.6) is 5.75 Å². The van der Waals surface area contributed by atoms with Gasteiger partial charge in [-0.25, -0.2) is 0 Å². The molecule has 6 nitrogen and oxygen atoms in total. The molecule has 0 aliphatic heterocycles. The van der Waals surface area contributed by atoms with E-state index >= 15 is 0 Å². The third-order valence-electron chi connectivity index (χ3n) is 5.55. The molecule has 1 amide bonds. The number of rotatable bonds is 9. The van der Waals surface area contributed by atoms with Crippen LogP contribution in [0.25, 0.3) is 11.4 Å². The van der Waals surface area contributed by atoms with Gasteiger partial charge < -0.3 is 10.1 Å². The summed E-state index contributed by atoms with van der Waals surface area (Å²) in [5.74, 6) is 0.950. The number of anilines is 1. The summed E-state index contributed by atoms with van der Waals surface area (Å²) in [4.78, 5) is 12.4. The summed E-state index contributed by atoms with van der Waals surface area (Å²) in [6.07, 6.45) is 2.06. The summed E-state index contributed by atoms with van der Waals surface area (Å²) in [7, 11) is 0. The number of thioether (sulfide) groups is 1. The van der Waals surface area contributed by atoms with Gasteiger partial charge in [0.25, 0.3) is 0 Å². The maximum Gasteiger partial charge on any atom is 0.416 e. The zero-order valence-corrected chi connectivity index (χ0v) is 19.7. The number of nitrogens with zero attached hydrogens (tertiary/aromatic N) is 3. The minimum Gasteiger partial charge on any atom is -0.490 e. The lowest BCUT2D eigenvalue weighted by Crippen LogP contribution is -2.15. The van der Waals surface area contributed by atoms with Gasteiger partial charge in [-0.1, -0.05) is 23.9 Å². The molecule has 1 aliphatic rings. The Labute approximate surface area is 205 Å². The number of aromatic nitrogens is 3. The molecule has 184 valence electrons. The molecular weight excluding hydrogens is 477 g/mol. The Morgan fingerprint density at radius 2 is 1.91 bits per heavy atom. The fourth-order valence-corrected chi connectivity index (χ4v) is 4.63. The van der Waals surface area contributed by atoms with Gasteiger partial charge in [-0.05, 0) is 68.1 Å². The molecule has 0 unspecified atom stereocenters. The van der Waals surface area contributed by atoms with Crippen LogP contribution in [0.4, 0.5) is 18.9 Å². The van der Waals surface area contributed by atoms with Gasteiger partial charge >= 0.3 is 6.18 Å². The van der Waals surface area contributed by atoms with Crippen molar-refractivity contribution in [3.63, 3.8) is 0 Å². The van der Waals surface area contributed by atoms with Crippen molar-refractivity contribution in [2.45, 2.75) is 49.7 Å². The van der Waals surface area contributed by atoms with E-state index in [1.54, 1.807) is 6.08 Å². The van der Waals surface area contributed by atoms with E-state index in [2.05, 4.69) is 22.1 Å². The second kappa shape index (κ2) is 11.0. The van der Waals surface area contributed by atoms with E-state index < -0.39 is 17.6 Å². The molecule has 1 heterocycles. The fraction of sp³-hybridized carbons (Fsp3) is 0.320. The van der Waals surface area contributed by atoms with E-state index in [0.29, 0.717) is 17.5 Å². The highest BCUT2D eigenvalue weighted by Gasteiger charge is 2.30. The van der Waals surface area contributed by atoms with E-state index in [4.69, 9.17) is 4.74 Å². The minimum absolute atomic E-state index is 0.0420. The zero-order valence-electron chi connectivity index (χ0n) is 18.9. The van der Waals surface area contributed by atoms with E-state index in [0.717, 1.165) is 48.0 Å². The maximum absolute atomic E-state index is 12.9. The van der Waals surface area contributed by atoms with Crippen molar-refractivity contribution in [2.24, 2.45) is 0 Å². The highest BCUT2D eigenvalue weighted by Crippen LogP contribution is 2.31. The van der Waals surface area contributed by atoms with Gasteiger partial charge in [0, 0.05) is 17.8 Å². The third kappa shape index (κ3) is 6.45. The predicted octanol–water partition coefficient (Wildman–Crippen LogP) is 6.20. The summed E-state index contributed by atoms with van der Waals surface area (Å²) in [6.45, 7) is 4.22. The third-order valence-corrected chi connectivity index (χ3v) is 6.52. The Balaban J connectivity index is 1.41. The predicted molar refractivity (Wildman–Crippen MR) is 129 cm³/mol. The first kappa shape index (κ1) is 24.8. The Bertz CT molecular complexity index is 1170. The highest BCUT2D eigenvalue weighted by molar-refractivity contribution is 7.99. The van der Waals surface area contributed by atoms with Gasteiger partial charge in [-0.2, -0.15) is 13.2 Å². The molecule has 1 N–H and O–H groups in total. The Morgan fingerprint density at radius 1 is 1.17 bits per heavy atom. The minimum atomic E-state index is -4.48. The molecule has 1 aromatic heterocycles. The number of alkyl halides is 3. The molecule has 0 spiro atoms. The fourth-order valence-electron chi connectivity index (χ4n) is 3.88. The number of carbonyl (C=O) groups is 1. The number of halogens is 3. The number of hydrogen-bond acceptors (Lipinski definition) is 5. The van der Waals surface area contributed by atoms with Crippen molar-refractivity contribution in [1.29, 1.82) is 0 Å². The SMILES string of the molecule is C=CCn1c(SCC(=O)Nc2cccc(C(F)(F)F)c2)nnc1-c1ccc(OC2CCCC2)cc1. The number of ether oxygens (including phenoxy) is 1. The number of nitrogens with one attached hydrogen (secondary N) is 1. The second-order valence-corrected chi connectivity index (χ2v) is 9.11. The average molecular weight is 503 g/mol. The first-order valence-electron chi connectivity index (χ1n) is 11.2. The van der Waals surface area contributed by atoms with Crippen molar-refractivity contribution in [3.8, 4) is 17.1 Å². The summed E-state index contributed by atoms with van der Waals surface area (Å²) >= 11 is 1.15. The van der Waals surface area contributed by atoms with Gasteiger partial charge in [0.2, 0.25) is 5.91 Å². The van der Waals surface area contributed by atoms with Gasteiger partial charge in [-0.15, -0.1) is 16.8 Å². The number of hydrogen-bond donors (Lipinski definition) is 1. The van der Waals surface area contributed by atoms with Crippen LogP contribution in [0.3, 0.4) is 0 Å². The normalized spacial score (nSPS) is 14.1. The topological polar surface area (TPSA) is 69.0 Å². The number of benzene rings is 2. The molecular formula is C25H25F3N4O2S. The van der Waals surface area contributed by atoms with Crippen molar-refractivity contribution in [2.75, 3.05) is 11.1 Å². The van der Waals surface area contributed by atoms with Crippen LogP contribution < -0.4 is 10.1 Å². The van der Waals surface area contributed by atoms with E-state index in [1.807, 2.05) is 28.8 Å². The van der Waals surface area contributed by atoms with E-state index in [9.17, 15) is 18.0 Å². The number of amides is 1. The Kier molecular flexibility index (Phi) is 7.80. The van der Waals surface area contributed by atoms with Crippen LogP contribution in [0.1, 0.15) is 31.2 Å². The van der Waals surface area contributed by atoms with Gasteiger partial charge in [-0.3, -0.25) is 9.36 Å². The molecule has 35 heavy (non-hydrogen) atoms. The summed E-state index contributed by atoms with van der Waals surface area (Å²) in [6, 6.07) is 12.2. The Hall–Kier alpha value is -3.27. The lowest BCUT2D eigenvalue weighted by molar-refractivity contribution is -0.137. The van der Waals surface area contributed by atoms with Crippen LogP contribution in [0.2, 0.25) is 0 Å². The lowest BCUT2D eigenvalue weighted by atomic mass is 10.2. The number of carbonyl (C=O) groups excluding carboxylic acids is 1. The zero-order chi connectivity index (χ0) is 24.8. The molecule has 1 saturated carbocycles. The quantitative estimate of drug-likeness (QED) is 0.279. The van der Waals surface area contributed by atoms with Crippen LogP contribution in [-0.2, 0) is 17.5 Å². The van der Waals surface area contributed by atoms with Crippen LogP contribution in [0.15, 0.2) is 66.3 Å². The van der Waals surface area contributed by atoms with Crippen molar-refractivity contribution in [1.82, 2.24) is 14.8 Å². The van der Waals surface area contributed by atoms with Crippen LogP contribution in [0, 0.1) is 0 Å². The molecule has 0 radical (unpaired) electrons. The van der Waals surface area contributed by atoms with E-state index in [1.165, 1.54) is 25.0 Å². The molecule has 1 aliphatic carbocycles. The largest absolute Gasteiger partial charge is 0.490 e. The van der Waals surface area contributed by atoms with Crippen molar-refractivity contribution < 1.29 is 22.7 Å². The van der Waals surface area contributed by atoms with Crippen molar-refractivity contribution in [3.05, 3.63) is 66.7 Å². The monoisotopic (exact) mass is 502 g/mol. The maximum atomic E-state index is 12.9. The van der Waals surface area contributed by atoms with Gasteiger partial charge in [0.05, 0.1) is 17.4 Å². The lowest BCUT2D eigenvalue weighted by Gasteiger charge is -2.13. The summed E-state index contributed by atoms with van der Waals surface area (Å²) < 4.78 is 46.5. The summed E-state index contributed by atoms with van der Waals surface area (Å²) in [5.41, 5.74) is 0.106. The molecule has 0 bridgehead atoms. The van der Waals surface area contributed by atoms with Crippen LogP contribution in [-0.4, -0.2) is 32.5 Å². The van der Waals surface area contributed by atoms with Gasteiger partial charge in [0.15, 0.2) is 11.0 Å². The molecule has 2 aromatic carbocycles. The van der Waals surface area contributed by atoms with E-state index in [-0.39, 0.29) is 17.5 Å². The van der Waals surface area contributed by atoms with Crippen molar-refractivity contribution >= 4 is 23.4 Å². The second-order valence-electron chi connectivity index (χ2n) is 8.17. The summed E-state index contributed by atoms with van der Waals surface area (Å²) in [5, 5.41) is 11.5. The molecule has 0 saturated heterocycles. The first-order valence-corrected chi connectivity index (χ1v) is 12.2. The molecule has 10 heteroatoms. The smallest absolute Gasteiger partial charge is 0.416 e. The molecule has 3 aromatic rings. The Morgan fingerprint density at radius 3 is 2.60 bits per heavy atom. The molecule has 1 fully saturated rings.